The molecular formula is C11H12O3. The van der Waals surface area contributed by atoms with Crippen LogP contribution in [0.1, 0.15) is 29.8 Å². The van der Waals surface area contributed by atoms with Gasteiger partial charge in [-0.2, -0.15) is 0 Å². The summed E-state index contributed by atoms with van der Waals surface area (Å²) in [5.74, 6) is -0.197. The minimum Gasteiger partial charge on any atom is -0.426 e. The molecule has 0 heterocycles. The Balaban J connectivity index is 3.14. The molecule has 0 unspecified atom stereocenters. The number of carbonyl (C=O) groups excluding carboxylic acids is 2. The molecule has 0 N–H and O–H groups in total. The van der Waals surface area contributed by atoms with Crippen LogP contribution >= 0.6 is 0 Å². The van der Waals surface area contributed by atoms with Crippen molar-refractivity contribution in [3.05, 3.63) is 29.3 Å². The second kappa shape index (κ2) is 4.05. The normalized spacial score (nSPS) is 9.64. The summed E-state index contributed by atoms with van der Waals surface area (Å²) in [6, 6.07) is 5.14. The first-order valence-electron chi connectivity index (χ1n) is 4.30. The van der Waals surface area contributed by atoms with Crippen molar-refractivity contribution in [2.24, 2.45) is 0 Å². The van der Waals surface area contributed by atoms with Crippen molar-refractivity contribution in [3.63, 3.8) is 0 Å². The van der Waals surface area contributed by atoms with Gasteiger partial charge in [0.05, 0.1) is 5.56 Å². The third kappa shape index (κ3) is 2.42. The summed E-state index contributed by atoms with van der Waals surface area (Å²) >= 11 is 0. The number of hydrogen-bond acceptors (Lipinski definition) is 3. The Morgan fingerprint density at radius 1 is 1.21 bits per heavy atom. The van der Waals surface area contributed by atoms with Crippen LogP contribution in [0.25, 0.3) is 0 Å². The smallest absolute Gasteiger partial charge is 0.308 e. The topological polar surface area (TPSA) is 43.4 Å². The van der Waals surface area contributed by atoms with Crippen LogP contribution < -0.4 is 4.74 Å². The van der Waals surface area contributed by atoms with E-state index in [-0.39, 0.29) is 5.78 Å². The number of Topliss-reactive ketones (excluding diaryl/α,β-unsaturated/α-hetero) is 1. The van der Waals surface area contributed by atoms with E-state index in [4.69, 9.17) is 4.74 Å². The predicted molar refractivity (Wildman–Crippen MR) is 52.5 cm³/mol. The lowest BCUT2D eigenvalue weighted by Crippen LogP contribution is -2.06. The second-order valence-corrected chi connectivity index (χ2v) is 3.15. The minimum atomic E-state index is -0.420. The van der Waals surface area contributed by atoms with Gasteiger partial charge in [0, 0.05) is 6.92 Å². The number of esters is 1. The van der Waals surface area contributed by atoms with E-state index in [1.54, 1.807) is 18.2 Å². The number of ether oxygens (including phenoxy) is 1. The maximum absolute atomic E-state index is 11.2. The van der Waals surface area contributed by atoms with Crippen LogP contribution in [0.2, 0.25) is 0 Å². The molecule has 1 rings (SSSR count). The minimum absolute atomic E-state index is 0.107. The lowest BCUT2D eigenvalue weighted by atomic mass is 10.1. The first kappa shape index (κ1) is 10.4. The highest BCUT2D eigenvalue weighted by Crippen LogP contribution is 2.20. The first-order valence-corrected chi connectivity index (χ1v) is 4.30. The molecule has 14 heavy (non-hydrogen) atoms. The molecule has 0 saturated carbocycles. The van der Waals surface area contributed by atoms with Crippen LogP contribution in [0, 0.1) is 6.92 Å². The second-order valence-electron chi connectivity index (χ2n) is 3.15. The van der Waals surface area contributed by atoms with E-state index >= 15 is 0 Å². The quantitative estimate of drug-likeness (QED) is 0.409. The van der Waals surface area contributed by atoms with E-state index in [2.05, 4.69) is 0 Å². The number of hydrogen-bond donors (Lipinski definition) is 0. The summed E-state index contributed by atoms with van der Waals surface area (Å²) in [6.07, 6.45) is 0. The fourth-order valence-corrected chi connectivity index (χ4v) is 1.16. The molecule has 3 nitrogen and oxygen atoms in total. The largest absolute Gasteiger partial charge is 0.426 e. The Labute approximate surface area is 82.7 Å². The van der Waals surface area contributed by atoms with Crippen molar-refractivity contribution in [2.75, 3.05) is 0 Å². The van der Waals surface area contributed by atoms with Gasteiger partial charge in [0.1, 0.15) is 5.75 Å². The maximum Gasteiger partial charge on any atom is 0.308 e. The standard InChI is InChI=1S/C11H12O3/c1-7-4-5-11(14-9(3)13)10(6-7)8(2)12/h4-6H,1-3H3. The molecular weight excluding hydrogens is 180 g/mol. The first-order chi connectivity index (χ1) is 6.50. The van der Waals surface area contributed by atoms with Gasteiger partial charge in [-0.15, -0.1) is 0 Å². The van der Waals surface area contributed by atoms with Crippen LogP contribution in [-0.4, -0.2) is 11.8 Å². The van der Waals surface area contributed by atoms with Crippen LogP contribution in [0.15, 0.2) is 18.2 Å². The zero-order chi connectivity index (χ0) is 10.7. The third-order valence-corrected chi connectivity index (χ3v) is 1.77. The van der Waals surface area contributed by atoms with Crippen LogP contribution in [-0.2, 0) is 4.79 Å². The average molecular weight is 192 g/mol. The Morgan fingerprint density at radius 2 is 1.86 bits per heavy atom. The van der Waals surface area contributed by atoms with Gasteiger partial charge in [-0.3, -0.25) is 9.59 Å². The lowest BCUT2D eigenvalue weighted by Gasteiger charge is -2.06. The molecule has 0 aliphatic heterocycles. The monoisotopic (exact) mass is 192 g/mol. The van der Waals surface area contributed by atoms with E-state index in [0.29, 0.717) is 11.3 Å². The van der Waals surface area contributed by atoms with Crippen LogP contribution in [0.5, 0.6) is 5.75 Å². The van der Waals surface area contributed by atoms with E-state index in [1.807, 2.05) is 6.92 Å². The van der Waals surface area contributed by atoms with Gasteiger partial charge in [0.2, 0.25) is 0 Å². The Hall–Kier alpha value is -1.64. The Kier molecular flexibility index (Phi) is 3.02. The highest BCUT2D eigenvalue weighted by atomic mass is 16.5. The molecule has 0 saturated heterocycles. The molecule has 0 radical (unpaired) electrons. The summed E-state index contributed by atoms with van der Waals surface area (Å²) in [6.45, 7) is 4.63. The molecule has 0 aliphatic rings. The SMILES string of the molecule is CC(=O)Oc1ccc(C)cc1C(C)=O. The fourth-order valence-electron chi connectivity index (χ4n) is 1.16. The van der Waals surface area contributed by atoms with Crippen molar-refractivity contribution >= 4 is 11.8 Å². The number of benzene rings is 1. The van der Waals surface area contributed by atoms with E-state index in [1.165, 1.54) is 13.8 Å². The molecule has 0 atom stereocenters. The number of rotatable bonds is 2. The average Bonchev–Trinajstić information content (AvgIpc) is 2.07. The van der Waals surface area contributed by atoms with E-state index in [0.717, 1.165) is 5.56 Å². The van der Waals surface area contributed by atoms with Gasteiger partial charge in [0.25, 0.3) is 0 Å². The van der Waals surface area contributed by atoms with Gasteiger partial charge in [-0.05, 0) is 26.0 Å². The number of carbonyl (C=O) groups is 2. The van der Waals surface area contributed by atoms with Crippen molar-refractivity contribution in [1.29, 1.82) is 0 Å². The van der Waals surface area contributed by atoms with Gasteiger partial charge < -0.3 is 4.74 Å². The Morgan fingerprint density at radius 3 is 2.36 bits per heavy atom. The number of ketones is 1. The molecule has 0 amide bonds. The van der Waals surface area contributed by atoms with Gasteiger partial charge in [-0.1, -0.05) is 11.6 Å². The van der Waals surface area contributed by atoms with Crippen LogP contribution in [0.4, 0.5) is 0 Å². The van der Waals surface area contributed by atoms with Gasteiger partial charge >= 0.3 is 5.97 Å². The van der Waals surface area contributed by atoms with Crippen molar-refractivity contribution in [3.8, 4) is 5.75 Å². The predicted octanol–water partition coefficient (Wildman–Crippen LogP) is 2.12. The Bertz CT molecular complexity index is 380. The molecule has 3 heteroatoms. The van der Waals surface area contributed by atoms with E-state index < -0.39 is 5.97 Å². The number of aryl methyl sites for hydroxylation is 1. The highest BCUT2D eigenvalue weighted by Gasteiger charge is 2.09. The van der Waals surface area contributed by atoms with Crippen LogP contribution in [0.3, 0.4) is 0 Å². The van der Waals surface area contributed by atoms with Crippen molar-refractivity contribution < 1.29 is 14.3 Å². The van der Waals surface area contributed by atoms with Crippen molar-refractivity contribution in [2.45, 2.75) is 20.8 Å². The third-order valence-electron chi connectivity index (χ3n) is 1.77. The van der Waals surface area contributed by atoms with Gasteiger partial charge in [0.15, 0.2) is 5.78 Å². The summed E-state index contributed by atoms with van der Waals surface area (Å²) in [5.41, 5.74) is 1.41. The van der Waals surface area contributed by atoms with Crippen molar-refractivity contribution in [1.82, 2.24) is 0 Å². The summed E-state index contributed by atoms with van der Waals surface area (Å²) < 4.78 is 4.90. The molecule has 0 bridgehead atoms. The summed E-state index contributed by atoms with van der Waals surface area (Å²) in [7, 11) is 0. The highest BCUT2D eigenvalue weighted by molar-refractivity contribution is 5.97. The molecule has 1 aromatic carbocycles. The van der Waals surface area contributed by atoms with E-state index in [9.17, 15) is 9.59 Å². The lowest BCUT2D eigenvalue weighted by molar-refractivity contribution is -0.131. The zero-order valence-electron chi connectivity index (χ0n) is 8.46. The molecule has 0 aromatic heterocycles. The molecule has 74 valence electrons. The molecule has 0 fully saturated rings. The van der Waals surface area contributed by atoms with Gasteiger partial charge in [-0.25, -0.2) is 0 Å². The summed E-state index contributed by atoms with van der Waals surface area (Å²) in [4.78, 5) is 21.9. The molecule has 0 aliphatic carbocycles. The zero-order valence-corrected chi connectivity index (χ0v) is 8.46. The molecule has 0 spiro atoms. The maximum atomic E-state index is 11.2. The fraction of sp³-hybridized carbons (Fsp3) is 0.273. The molecule has 1 aromatic rings. The summed E-state index contributed by atoms with van der Waals surface area (Å²) in [5, 5.41) is 0.